The van der Waals surface area contributed by atoms with Crippen LogP contribution in [0.3, 0.4) is 0 Å². The van der Waals surface area contributed by atoms with Crippen LogP contribution in [0.25, 0.3) is 33.5 Å². The Morgan fingerprint density at radius 2 is 1.72 bits per heavy atom. The molecular formula is C37H36F3N7O3. The standard InChI is InChI=1S/C37H36F3N7O3/c1-50-23-36(35(49)43-27-8-10-31-29(20-27)33(45-44-31)28-9-7-26(38)19-30(28)39)11-16-46(22-36)21-32(48)47-17-12-37(40,13-18-47)25-5-3-24(4-6-25)34-41-14-2-15-42-34/h2-10,14-15,19-20H,11-13,16-18,21-23H2,1H3,(H,43,49)(H,44,45)/t36-/m1/s1. The second-order valence-electron chi connectivity index (χ2n) is 13.1. The SMILES string of the molecule is COC[C@@]1(C(=O)Nc2ccc3[nH]nc(-c4ccc(F)cc4F)c3c2)CCN(CC(=O)N2CCC(F)(c3ccc(-c4ncccn4)cc3)CC2)C1. The summed E-state index contributed by atoms with van der Waals surface area (Å²) in [5, 5.41) is 10.6. The molecule has 0 spiro atoms. The number of aromatic nitrogens is 4. The Kier molecular flexibility index (Phi) is 9.10. The van der Waals surface area contributed by atoms with Gasteiger partial charge in [-0.2, -0.15) is 5.10 Å². The smallest absolute Gasteiger partial charge is 0.236 e. The molecule has 0 bridgehead atoms. The second kappa shape index (κ2) is 13.6. The summed E-state index contributed by atoms with van der Waals surface area (Å²) in [7, 11) is 1.53. The largest absolute Gasteiger partial charge is 0.384 e. The van der Waals surface area contributed by atoms with Crippen molar-refractivity contribution in [3.05, 3.63) is 96.3 Å². The number of amides is 2. The highest BCUT2D eigenvalue weighted by atomic mass is 19.1. The Morgan fingerprint density at radius 1 is 0.960 bits per heavy atom. The first-order valence-electron chi connectivity index (χ1n) is 16.5. The van der Waals surface area contributed by atoms with Crippen LogP contribution in [0.2, 0.25) is 0 Å². The number of fused-ring (bicyclic) bond motifs is 1. The molecule has 2 aromatic heterocycles. The van der Waals surface area contributed by atoms with Gasteiger partial charge in [0.15, 0.2) is 5.82 Å². The van der Waals surface area contributed by atoms with Gasteiger partial charge in [0.05, 0.1) is 24.1 Å². The number of carbonyl (C=O) groups excluding carboxylic acids is 2. The molecule has 1 atom stereocenters. The van der Waals surface area contributed by atoms with Gasteiger partial charge in [-0.15, -0.1) is 0 Å². The normalized spacial score (nSPS) is 19.2. The summed E-state index contributed by atoms with van der Waals surface area (Å²) < 4.78 is 49.7. The zero-order valence-electron chi connectivity index (χ0n) is 27.5. The third kappa shape index (κ3) is 6.58. The number of alkyl halides is 1. The van der Waals surface area contributed by atoms with Gasteiger partial charge in [0.2, 0.25) is 11.8 Å². The van der Waals surface area contributed by atoms with E-state index < -0.39 is 22.7 Å². The highest BCUT2D eigenvalue weighted by Crippen LogP contribution is 2.38. The zero-order chi connectivity index (χ0) is 34.9. The first-order chi connectivity index (χ1) is 24.2. The lowest BCUT2D eigenvalue weighted by Gasteiger charge is -2.37. The van der Waals surface area contributed by atoms with Crippen molar-refractivity contribution in [3.63, 3.8) is 0 Å². The zero-order valence-corrected chi connectivity index (χ0v) is 27.5. The molecule has 2 amide bonds. The van der Waals surface area contributed by atoms with Crippen LogP contribution in [-0.2, 0) is 20.0 Å². The first kappa shape index (κ1) is 33.4. The number of methoxy groups -OCH3 is 1. The number of carbonyl (C=O) groups is 2. The topological polar surface area (TPSA) is 116 Å². The van der Waals surface area contributed by atoms with Gasteiger partial charge in [0.25, 0.3) is 0 Å². The molecule has 13 heteroatoms. The molecule has 2 fully saturated rings. The Bertz CT molecular complexity index is 2020. The highest BCUT2D eigenvalue weighted by Gasteiger charge is 2.46. The molecule has 0 saturated carbocycles. The summed E-state index contributed by atoms with van der Waals surface area (Å²) in [4.78, 5) is 39.3. The van der Waals surface area contributed by atoms with E-state index in [4.69, 9.17) is 4.74 Å². The number of rotatable bonds is 9. The van der Waals surface area contributed by atoms with Gasteiger partial charge < -0.3 is 15.0 Å². The van der Waals surface area contributed by atoms with E-state index in [1.165, 1.54) is 13.2 Å². The molecule has 3 aromatic carbocycles. The number of halogens is 3. The minimum atomic E-state index is -1.54. The van der Waals surface area contributed by atoms with Gasteiger partial charge in [-0.05, 0) is 54.9 Å². The van der Waals surface area contributed by atoms with E-state index in [9.17, 15) is 18.4 Å². The summed E-state index contributed by atoms with van der Waals surface area (Å²) >= 11 is 0. The number of hydrogen-bond acceptors (Lipinski definition) is 7. The number of hydrogen-bond donors (Lipinski definition) is 2. The number of piperidine rings is 1. The van der Waals surface area contributed by atoms with Crippen LogP contribution in [-0.4, -0.2) is 88.2 Å². The molecule has 0 unspecified atom stereocenters. The molecule has 2 saturated heterocycles. The fourth-order valence-electron chi connectivity index (χ4n) is 7.04. The Hall–Kier alpha value is -5.14. The van der Waals surface area contributed by atoms with E-state index in [1.807, 2.05) is 17.0 Å². The summed E-state index contributed by atoms with van der Waals surface area (Å²) in [5.74, 6) is -1.23. The van der Waals surface area contributed by atoms with Crippen molar-refractivity contribution in [2.24, 2.45) is 5.41 Å². The number of likely N-dealkylation sites (tertiary alicyclic amines) is 2. The van der Waals surface area contributed by atoms with Gasteiger partial charge in [-0.3, -0.25) is 19.6 Å². The fraction of sp³-hybridized carbons (Fsp3) is 0.324. The van der Waals surface area contributed by atoms with Gasteiger partial charge >= 0.3 is 0 Å². The minimum Gasteiger partial charge on any atom is -0.384 e. The van der Waals surface area contributed by atoms with Crippen LogP contribution < -0.4 is 5.32 Å². The van der Waals surface area contributed by atoms with Crippen molar-refractivity contribution in [2.45, 2.75) is 24.9 Å². The molecule has 2 aliphatic heterocycles. The Balaban J connectivity index is 0.973. The second-order valence-corrected chi connectivity index (χ2v) is 13.1. The number of benzene rings is 3. The molecule has 2 aliphatic rings. The molecular weight excluding hydrogens is 647 g/mol. The Morgan fingerprint density at radius 3 is 2.44 bits per heavy atom. The van der Waals surface area contributed by atoms with Crippen molar-refractivity contribution in [2.75, 3.05) is 51.8 Å². The van der Waals surface area contributed by atoms with Crippen molar-refractivity contribution in [1.82, 2.24) is 30.0 Å². The minimum absolute atomic E-state index is 0.108. The van der Waals surface area contributed by atoms with Gasteiger partial charge in [-0.1, -0.05) is 24.3 Å². The van der Waals surface area contributed by atoms with Crippen molar-refractivity contribution >= 4 is 28.4 Å². The maximum Gasteiger partial charge on any atom is 0.236 e. The number of aromatic amines is 1. The van der Waals surface area contributed by atoms with Crippen LogP contribution in [0, 0.1) is 17.0 Å². The molecule has 2 N–H and O–H groups in total. The van der Waals surface area contributed by atoms with E-state index >= 15 is 4.39 Å². The number of ether oxygens (including phenoxy) is 1. The van der Waals surface area contributed by atoms with E-state index in [0.29, 0.717) is 53.2 Å². The van der Waals surface area contributed by atoms with Crippen molar-refractivity contribution in [3.8, 4) is 22.6 Å². The predicted molar refractivity (Wildman–Crippen MR) is 182 cm³/mol. The van der Waals surface area contributed by atoms with Gasteiger partial charge in [0, 0.05) is 80.2 Å². The van der Waals surface area contributed by atoms with Gasteiger partial charge in [0.1, 0.15) is 23.0 Å². The van der Waals surface area contributed by atoms with Crippen LogP contribution in [0.5, 0.6) is 0 Å². The first-order valence-corrected chi connectivity index (χ1v) is 16.5. The van der Waals surface area contributed by atoms with E-state index in [2.05, 4.69) is 25.5 Å². The average molecular weight is 684 g/mol. The lowest BCUT2D eigenvalue weighted by Crippen LogP contribution is -2.48. The Labute approximate surface area is 286 Å². The molecule has 10 nitrogen and oxygen atoms in total. The summed E-state index contributed by atoms with van der Waals surface area (Å²) in [5.41, 5.74) is 0.447. The maximum absolute atomic E-state index is 16.1. The third-order valence-corrected chi connectivity index (χ3v) is 9.84. The molecule has 258 valence electrons. The summed E-state index contributed by atoms with van der Waals surface area (Å²) in [6, 6.07) is 17.3. The quantitative estimate of drug-likeness (QED) is 0.204. The molecule has 0 radical (unpaired) electrons. The molecule has 4 heterocycles. The van der Waals surface area contributed by atoms with Crippen LogP contribution in [0.15, 0.2) is 79.1 Å². The van der Waals surface area contributed by atoms with Crippen LogP contribution in [0.1, 0.15) is 24.8 Å². The molecule has 7 rings (SSSR count). The van der Waals surface area contributed by atoms with Crippen LogP contribution >= 0.6 is 0 Å². The van der Waals surface area contributed by atoms with Gasteiger partial charge in [-0.25, -0.2) is 23.1 Å². The summed E-state index contributed by atoms with van der Waals surface area (Å²) in [6.07, 6.45) is 4.17. The van der Waals surface area contributed by atoms with Crippen molar-refractivity contribution < 1.29 is 27.5 Å². The fourth-order valence-corrected chi connectivity index (χ4v) is 7.04. The number of nitrogens with one attached hydrogen (secondary N) is 2. The maximum atomic E-state index is 16.1. The lowest BCUT2D eigenvalue weighted by molar-refractivity contribution is -0.136. The van der Waals surface area contributed by atoms with E-state index in [-0.39, 0.29) is 56.5 Å². The molecule has 50 heavy (non-hydrogen) atoms. The average Bonchev–Trinajstić information content (AvgIpc) is 3.73. The predicted octanol–water partition coefficient (Wildman–Crippen LogP) is 5.73. The van der Waals surface area contributed by atoms with E-state index in [1.54, 1.807) is 53.7 Å². The third-order valence-electron chi connectivity index (χ3n) is 9.84. The number of nitrogens with zero attached hydrogens (tertiary/aromatic N) is 5. The lowest BCUT2D eigenvalue weighted by atomic mass is 9.85. The molecule has 5 aromatic rings. The highest BCUT2D eigenvalue weighted by molar-refractivity contribution is 6.00. The van der Waals surface area contributed by atoms with Crippen LogP contribution in [0.4, 0.5) is 18.9 Å². The summed E-state index contributed by atoms with van der Waals surface area (Å²) in [6.45, 7) is 1.64. The van der Waals surface area contributed by atoms with E-state index in [0.717, 1.165) is 17.7 Å². The molecule has 0 aliphatic carbocycles. The van der Waals surface area contributed by atoms with Crippen molar-refractivity contribution in [1.29, 1.82) is 0 Å². The monoisotopic (exact) mass is 683 g/mol. The number of anilines is 1. The number of H-pyrrole nitrogens is 1.